The van der Waals surface area contributed by atoms with E-state index in [4.69, 9.17) is 0 Å². The van der Waals surface area contributed by atoms with Crippen molar-refractivity contribution in [2.24, 2.45) is 0 Å². The Bertz CT molecular complexity index is 8.00. The Labute approximate surface area is 71.5 Å². The summed E-state index contributed by atoms with van der Waals surface area (Å²) < 4.78 is 0. The van der Waals surface area contributed by atoms with E-state index in [9.17, 15) is 0 Å². The fraction of sp³-hybridized carbons (Fsp3) is 1.00. The molecule has 0 fully saturated rings. The molecule has 0 amide bonds. The molecule has 0 N–H and O–H groups in total. The maximum atomic E-state index is 0. The molecule has 0 aromatic rings. The third-order valence-electron chi connectivity index (χ3n) is 0. The van der Waals surface area contributed by atoms with E-state index in [1.165, 1.54) is 0 Å². The molecule has 0 radical (unpaired) electrons. The second kappa shape index (κ2) is 19.4. The zero-order valence-electron chi connectivity index (χ0n) is 1.00. The van der Waals surface area contributed by atoms with Crippen LogP contribution in [0.2, 0.25) is 0 Å². The first-order valence-electron chi connectivity index (χ1n) is 0. The first-order chi connectivity index (χ1) is 0. The minimum absolute atomic E-state index is 0. The maximum Gasteiger partial charge on any atom is 0.187 e. The van der Waals surface area contributed by atoms with E-state index in [1.807, 2.05) is 0 Å². The van der Waals surface area contributed by atoms with Gasteiger partial charge >= 0.3 is 0 Å². The molecule has 0 rings (SSSR count). The third-order valence-corrected chi connectivity index (χ3v) is 0. The molecule has 0 aliphatic heterocycles. The SMILES string of the molecule is C.[AlH3].[Hf].[Ti]. The average molecular weight is 272 g/mol. The molecule has 3 heteroatoms. The summed E-state index contributed by atoms with van der Waals surface area (Å²) in [7, 11) is 0. The summed E-state index contributed by atoms with van der Waals surface area (Å²) >= 11 is 0. The first-order valence-corrected chi connectivity index (χ1v) is 0. The first kappa shape index (κ1) is 35.7. The van der Waals surface area contributed by atoms with Gasteiger partial charge < -0.3 is 0 Å². The molecule has 0 heterocycles. The summed E-state index contributed by atoms with van der Waals surface area (Å²) in [6.45, 7) is 0. The standard InChI is InChI=1S/CH4.Al.Hf.Ti.3H/h1H4;;;;;;. The van der Waals surface area contributed by atoms with Gasteiger partial charge in [-0.15, -0.1) is 0 Å². The van der Waals surface area contributed by atoms with Crippen molar-refractivity contribution in [1.29, 1.82) is 0 Å². The van der Waals surface area contributed by atoms with Gasteiger partial charge in [-0.25, -0.2) is 0 Å². The Morgan fingerprint density at radius 3 is 1.00 bits per heavy atom. The van der Waals surface area contributed by atoms with Crippen molar-refractivity contribution in [2.45, 2.75) is 7.43 Å². The van der Waals surface area contributed by atoms with Crippen LogP contribution in [0.1, 0.15) is 7.43 Å². The van der Waals surface area contributed by atoms with E-state index in [1.54, 1.807) is 0 Å². The van der Waals surface area contributed by atoms with Gasteiger partial charge in [0.1, 0.15) is 0 Å². The monoisotopic (exact) mass is 274 g/mol. The minimum atomic E-state index is 0. The Kier molecular flexibility index (Phi) is 173. The van der Waals surface area contributed by atoms with Crippen LogP contribution in [-0.4, -0.2) is 17.4 Å². The smallest absolute Gasteiger partial charge is 0.0776 e. The van der Waals surface area contributed by atoms with Crippen LogP contribution in [0.3, 0.4) is 0 Å². The molecule has 4 heavy (non-hydrogen) atoms. The number of rotatable bonds is 0. The largest absolute Gasteiger partial charge is 0.187 e. The van der Waals surface area contributed by atoms with E-state index in [2.05, 4.69) is 0 Å². The van der Waals surface area contributed by atoms with Gasteiger partial charge in [0, 0.05) is 47.6 Å². The Morgan fingerprint density at radius 2 is 1.00 bits per heavy atom. The molecular formula is CH7AlHfTi. The zero-order valence-corrected chi connectivity index (χ0v) is 6.15. The Balaban J connectivity index is 0. The average Bonchev–Trinajstić information content (AvgIpc) is 0. The molecule has 0 aliphatic carbocycles. The molecule has 0 atom stereocenters. The second-order valence-corrected chi connectivity index (χ2v) is 0. The molecule has 0 nitrogen and oxygen atoms in total. The molecule has 0 bridgehead atoms. The Morgan fingerprint density at radius 1 is 1.00 bits per heavy atom. The second-order valence-electron chi connectivity index (χ2n) is 0. The van der Waals surface area contributed by atoms with Crippen molar-refractivity contribution >= 4 is 17.4 Å². The minimum Gasteiger partial charge on any atom is -0.0776 e. The van der Waals surface area contributed by atoms with Crippen molar-refractivity contribution in [2.75, 3.05) is 0 Å². The van der Waals surface area contributed by atoms with Crippen molar-refractivity contribution < 1.29 is 47.6 Å². The topological polar surface area (TPSA) is 0 Å². The van der Waals surface area contributed by atoms with E-state index in [-0.39, 0.29) is 72.3 Å². The van der Waals surface area contributed by atoms with Crippen LogP contribution in [0.4, 0.5) is 0 Å². The fourth-order valence-corrected chi connectivity index (χ4v) is 0. The van der Waals surface area contributed by atoms with E-state index < -0.39 is 0 Å². The van der Waals surface area contributed by atoms with Crippen LogP contribution in [0.25, 0.3) is 0 Å². The summed E-state index contributed by atoms with van der Waals surface area (Å²) in [5.41, 5.74) is 0. The summed E-state index contributed by atoms with van der Waals surface area (Å²) in [5, 5.41) is 0. The van der Waals surface area contributed by atoms with Gasteiger partial charge in [-0.1, -0.05) is 7.43 Å². The summed E-state index contributed by atoms with van der Waals surface area (Å²) in [5.74, 6) is 0. The van der Waals surface area contributed by atoms with Gasteiger partial charge in [0.05, 0.1) is 0 Å². The van der Waals surface area contributed by atoms with Gasteiger partial charge in [0.15, 0.2) is 17.4 Å². The molecule has 0 unspecified atom stereocenters. The number of hydrogen-bond acceptors (Lipinski definition) is 0. The van der Waals surface area contributed by atoms with Gasteiger partial charge in [0.25, 0.3) is 0 Å². The van der Waals surface area contributed by atoms with E-state index in [0.717, 1.165) is 0 Å². The van der Waals surface area contributed by atoms with Gasteiger partial charge in [-0.3, -0.25) is 0 Å². The van der Waals surface area contributed by atoms with Crippen LogP contribution in [0.5, 0.6) is 0 Å². The quantitative estimate of drug-likeness (QED) is 0.519. The van der Waals surface area contributed by atoms with Gasteiger partial charge in [0.2, 0.25) is 0 Å². The van der Waals surface area contributed by atoms with Crippen LogP contribution in [-0.2, 0) is 47.6 Å². The normalized spacial score (nSPS) is 0. The van der Waals surface area contributed by atoms with E-state index in [0.29, 0.717) is 0 Å². The van der Waals surface area contributed by atoms with Gasteiger partial charge in [-0.05, 0) is 0 Å². The molecule has 0 aromatic carbocycles. The predicted octanol–water partition coefficient (Wildman–Crippen LogP) is -0.553. The summed E-state index contributed by atoms with van der Waals surface area (Å²) in [6.07, 6.45) is 0. The van der Waals surface area contributed by atoms with Crippen molar-refractivity contribution in [1.82, 2.24) is 0 Å². The molecular weight excluding hydrogens is 265 g/mol. The van der Waals surface area contributed by atoms with Crippen LogP contribution in [0, 0.1) is 0 Å². The molecule has 22 valence electrons. The van der Waals surface area contributed by atoms with Crippen molar-refractivity contribution in [3.8, 4) is 0 Å². The molecule has 0 aliphatic rings. The molecule has 0 saturated carbocycles. The van der Waals surface area contributed by atoms with E-state index >= 15 is 0 Å². The predicted molar refractivity (Wildman–Crippen MR) is 16.7 cm³/mol. The molecule has 0 saturated heterocycles. The van der Waals surface area contributed by atoms with Gasteiger partial charge in [-0.2, -0.15) is 0 Å². The molecule has 0 aromatic heterocycles. The van der Waals surface area contributed by atoms with Crippen LogP contribution >= 0.6 is 0 Å². The fourth-order valence-electron chi connectivity index (χ4n) is 0. The summed E-state index contributed by atoms with van der Waals surface area (Å²) in [6, 6.07) is 0. The number of hydrogen-bond donors (Lipinski definition) is 0. The molecule has 0 spiro atoms. The Hall–Kier alpha value is 2.12. The van der Waals surface area contributed by atoms with Crippen LogP contribution in [0.15, 0.2) is 0 Å². The van der Waals surface area contributed by atoms with Crippen LogP contribution < -0.4 is 0 Å². The maximum absolute atomic E-state index is 0. The summed E-state index contributed by atoms with van der Waals surface area (Å²) in [4.78, 5) is 0. The third kappa shape index (κ3) is 8.93. The van der Waals surface area contributed by atoms with Crippen molar-refractivity contribution in [3.63, 3.8) is 0 Å². The van der Waals surface area contributed by atoms with Crippen molar-refractivity contribution in [3.05, 3.63) is 0 Å². The zero-order chi connectivity index (χ0) is 0.